The number of hydrogen-bond acceptors (Lipinski definition) is 6. The Bertz CT molecular complexity index is 438. The average Bonchev–Trinajstić information content (AvgIpc) is 2.65. The van der Waals surface area contributed by atoms with E-state index in [1.807, 2.05) is 0 Å². The predicted molar refractivity (Wildman–Crippen MR) is 64.0 cm³/mol. The highest BCUT2D eigenvalue weighted by Gasteiger charge is 2.14. The van der Waals surface area contributed by atoms with E-state index < -0.39 is 11.8 Å². The fraction of sp³-hybridized carbons (Fsp3) is 0.727. The molecule has 0 fully saturated rings. The first-order valence-electron chi connectivity index (χ1n) is 6.01. The molecule has 0 aliphatic carbocycles. The van der Waals surface area contributed by atoms with Gasteiger partial charge in [0.2, 0.25) is 0 Å². The summed E-state index contributed by atoms with van der Waals surface area (Å²) in [6.45, 7) is 4.30. The van der Waals surface area contributed by atoms with Gasteiger partial charge >= 0.3 is 11.7 Å². The SMILES string of the molecule is CCOC(=O)[C@@H](N)CCCCn1c(C)noc1=O. The number of aryl methyl sites for hydroxylation is 1. The van der Waals surface area contributed by atoms with E-state index in [0.29, 0.717) is 25.4 Å². The van der Waals surface area contributed by atoms with E-state index >= 15 is 0 Å². The van der Waals surface area contributed by atoms with Gasteiger partial charge in [-0.3, -0.25) is 13.9 Å². The molecule has 0 amide bonds. The van der Waals surface area contributed by atoms with Crippen LogP contribution in [0.4, 0.5) is 0 Å². The second kappa shape index (κ2) is 6.95. The number of ether oxygens (including phenoxy) is 1. The third-order valence-electron chi connectivity index (χ3n) is 2.60. The number of nitrogens with zero attached hydrogens (tertiary/aromatic N) is 2. The highest BCUT2D eigenvalue weighted by Crippen LogP contribution is 2.03. The Labute approximate surface area is 105 Å². The maximum atomic E-state index is 11.2. The number of carbonyl (C=O) groups is 1. The third-order valence-corrected chi connectivity index (χ3v) is 2.60. The molecule has 7 heteroatoms. The fourth-order valence-electron chi connectivity index (χ4n) is 1.59. The molecule has 0 radical (unpaired) electrons. The van der Waals surface area contributed by atoms with E-state index in [2.05, 4.69) is 9.68 Å². The first-order valence-corrected chi connectivity index (χ1v) is 6.01. The summed E-state index contributed by atoms with van der Waals surface area (Å²) >= 11 is 0. The van der Waals surface area contributed by atoms with Crippen molar-refractivity contribution in [2.45, 2.75) is 45.7 Å². The van der Waals surface area contributed by atoms with Crippen molar-refractivity contribution in [3.05, 3.63) is 16.4 Å². The van der Waals surface area contributed by atoms with Gasteiger partial charge in [-0.05, 0) is 33.1 Å². The summed E-state index contributed by atoms with van der Waals surface area (Å²) < 4.78 is 10.8. The van der Waals surface area contributed by atoms with Crippen molar-refractivity contribution in [2.75, 3.05) is 6.61 Å². The van der Waals surface area contributed by atoms with E-state index in [1.54, 1.807) is 13.8 Å². The standard InChI is InChI=1S/C11H19N3O4/c1-3-17-10(15)9(12)6-4-5-7-14-8(2)13-18-11(14)16/h9H,3-7,12H2,1-2H3/t9-/m0/s1. The average molecular weight is 257 g/mol. The zero-order valence-corrected chi connectivity index (χ0v) is 10.7. The molecule has 0 aliphatic rings. The molecule has 0 saturated heterocycles. The second-order valence-electron chi connectivity index (χ2n) is 4.00. The highest BCUT2D eigenvalue weighted by molar-refractivity contribution is 5.75. The Morgan fingerprint density at radius 3 is 2.83 bits per heavy atom. The van der Waals surface area contributed by atoms with Gasteiger partial charge in [0.05, 0.1) is 6.61 Å². The lowest BCUT2D eigenvalue weighted by Crippen LogP contribution is -2.32. The quantitative estimate of drug-likeness (QED) is 0.553. The normalized spacial score (nSPS) is 12.4. The molecule has 1 atom stereocenters. The maximum absolute atomic E-state index is 11.2. The number of esters is 1. The summed E-state index contributed by atoms with van der Waals surface area (Å²) in [6, 6.07) is -0.592. The van der Waals surface area contributed by atoms with Gasteiger partial charge < -0.3 is 10.5 Å². The Morgan fingerprint density at radius 2 is 2.28 bits per heavy atom. The lowest BCUT2D eigenvalue weighted by atomic mass is 10.1. The first kappa shape index (κ1) is 14.4. The molecule has 0 unspecified atom stereocenters. The molecule has 0 spiro atoms. The zero-order valence-electron chi connectivity index (χ0n) is 10.7. The Kier molecular flexibility index (Phi) is 5.57. The molecular weight excluding hydrogens is 238 g/mol. The summed E-state index contributed by atoms with van der Waals surface area (Å²) in [5, 5.41) is 3.56. The van der Waals surface area contributed by atoms with Crippen LogP contribution in [0.25, 0.3) is 0 Å². The summed E-state index contributed by atoms with van der Waals surface area (Å²) in [6.07, 6.45) is 2.00. The van der Waals surface area contributed by atoms with Crippen molar-refractivity contribution in [2.24, 2.45) is 5.73 Å². The van der Waals surface area contributed by atoms with Crippen LogP contribution < -0.4 is 11.5 Å². The largest absolute Gasteiger partial charge is 0.465 e. The van der Waals surface area contributed by atoms with Crippen molar-refractivity contribution in [3.63, 3.8) is 0 Å². The zero-order chi connectivity index (χ0) is 13.5. The van der Waals surface area contributed by atoms with Gasteiger partial charge in [-0.15, -0.1) is 0 Å². The molecule has 0 aromatic carbocycles. The van der Waals surface area contributed by atoms with Crippen LogP contribution >= 0.6 is 0 Å². The minimum Gasteiger partial charge on any atom is -0.465 e. The van der Waals surface area contributed by atoms with Crippen LogP contribution in [0.2, 0.25) is 0 Å². The van der Waals surface area contributed by atoms with Crippen LogP contribution in [0, 0.1) is 6.92 Å². The molecule has 0 saturated carbocycles. The molecule has 0 bridgehead atoms. The monoisotopic (exact) mass is 257 g/mol. The van der Waals surface area contributed by atoms with E-state index in [4.69, 9.17) is 10.5 Å². The number of rotatable bonds is 7. The molecule has 1 rings (SSSR count). The van der Waals surface area contributed by atoms with Crippen LogP contribution in [0.5, 0.6) is 0 Å². The van der Waals surface area contributed by atoms with Crippen LogP contribution in [-0.2, 0) is 16.1 Å². The summed E-state index contributed by atoms with van der Waals surface area (Å²) in [7, 11) is 0. The number of aromatic nitrogens is 2. The molecule has 0 aliphatic heterocycles. The van der Waals surface area contributed by atoms with Crippen molar-refractivity contribution in [1.29, 1.82) is 0 Å². The summed E-state index contributed by atoms with van der Waals surface area (Å²) in [4.78, 5) is 22.4. The lowest BCUT2D eigenvalue weighted by molar-refractivity contribution is -0.144. The van der Waals surface area contributed by atoms with E-state index in [0.717, 1.165) is 12.8 Å². The lowest BCUT2D eigenvalue weighted by Gasteiger charge is -2.10. The number of carbonyl (C=O) groups excluding carboxylic acids is 1. The van der Waals surface area contributed by atoms with Gasteiger partial charge in [0.1, 0.15) is 6.04 Å². The van der Waals surface area contributed by atoms with Crippen molar-refractivity contribution < 1.29 is 14.1 Å². The van der Waals surface area contributed by atoms with Crippen molar-refractivity contribution in [3.8, 4) is 0 Å². The second-order valence-corrected chi connectivity index (χ2v) is 4.00. The summed E-state index contributed by atoms with van der Waals surface area (Å²) in [5.74, 6) is -0.285. The number of unbranched alkanes of at least 4 members (excludes halogenated alkanes) is 1. The third kappa shape index (κ3) is 3.99. The van der Waals surface area contributed by atoms with Crippen LogP contribution in [0.1, 0.15) is 32.0 Å². The number of nitrogens with two attached hydrogens (primary N) is 1. The minimum absolute atomic E-state index is 0.335. The van der Waals surface area contributed by atoms with Gasteiger partial charge in [0, 0.05) is 6.54 Å². The van der Waals surface area contributed by atoms with Crippen molar-refractivity contribution >= 4 is 5.97 Å². The van der Waals surface area contributed by atoms with Gasteiger partial charge in [0.15, 0.2) is 5.82 Å². The molecule has 1 heterocycles. The Morgan fingerprint density at radius 1 is 1.56 bits per heavy atom. The Hall–Kier alpha value is -1.63. The fourth-order valence-corrected chi connectivity index (χ4v) is 1.59. The van der Waals surface area contributed by atoms with Crippen LogP contribution in [0.15, 0.2) is 9.32 Å². The number of hydrogen-bond donors (Lipinski definition) is 1. The Balaban J connectivity index is 2.27. The smallest absolute Gasteiger partial charge is 0.441 e. The maximum Gasteiger partial charge on any atom is 0.441 e. The predicted octanol–water partition coefficient (Wildman–Crippen LogP) is 0.205. The van der Waals surface area contributed by atoms with E-state index in [-0.39, 0.29) is 5.97 Å². The molecule has 1 aromatic rings. The van der Waals surface area contributed by atoms with Crippen molar-refractivity contribution in [1.82, 2.24) is 9.72 Å². The molecule has 102 valence electrons. The van der Waals surface area contributed by atoms with Crippen LogP contribution in [0.3, 0.4) is 0 Å². The first-order chi connectivity index (χ1) is 8.56. The molecular formula is C11H19N3O4. The van der Waals surface area contributed by atoms with Gasteiger partial charge in [0.25, 0.3) is 0 Å². The van der Waals surface area contributed by atoms with Crippen LogP contribution in [-0.4, -0.2) is 28.3 Å². The van der Waals surface area contributed by atoms with Gasteiger partial charge in [-0.2, -0.15) is 0 Å². The van der Waals surface area contributed by atoms with Gasteiger partial charge in [-0.1, -0.05) is 5.16 Å². The van der Waals surface area contributed by atoms with E-state index in [9.17, 15) is 9.59 Å². The van der Waals surface area contributed by atoms with Gasteiger partial charge in [-0.25, -0.2) is 4.79 Å². The van der Waals surface area contributed by atoms with E-state index in [1.165, 1.54) is 4.57 Å². The molecule has 18 heavy (non-hydrogen) atoms. The minimum atomic E-state index is -0.592. The molecule has 7 nitrogen and oxygen atoms in total. The topological polar surface area (TPSA) is 100 Å². The summed E-state index contributed by atoms with van der Waals surface area (Å²) in [5.41, 5.74) is 5.65. The highest BCUT2D eigenvalue weighted by atomic mass is 16.5. The molecule has 1 aromatic heterocycles. The molecule has 2 N–H and O–H groups in total.